The number of hydrogen-bond donors (Lipinski definition) is 4. The van der Waals surface area contributed by atoms with Crippen molar-refractivity contribution in [3.05, 3.63) is 11.5 Å². The first kappa shape index (κ1) is 13.5. The summed E-state index contributed by atoms with van der Waals surface area (Å²) >= 11 is 0. The second kappa shape index (κ2) is 5.42. The van der Waals surface area contributed by atoms with E-state index in [1.54, 1.807) is 0 Å². The molecule has 0 aromatic rings. The summed E-state index contributed by atoms with van der Waals surface area (Å²) in [6.45, 7) is -0.671. The Kier molecular flexibility index (Phi) is 5.65. The minimum Gasteiger partial charge on any atom is -0.505 e. The molecule has 0 unspecified atom stereocenters. The molecule has 1 heterocycles. The van der Waals surface area contributed by atoms with Gasteiger partial charge >= 0.3 is 64.2 Å². The molecule has 1 rings (SSSR count). The average Bonchev–Trinajstić information content (AvgIpc) is 2.32. The number of aliphatic hydroxyl groups excluding tert-OH is 4. The van der Waals surface area contributed by atoms with Crippen LogP contribution in [0.3, 0.4) is 0 Å². The van der Waals surface area contributed by atoms with Crippen molar-refractivity contribution < 1.29 is 88.1 Å². The third kappa shape index (κ3) is 2.74. The van der Waals surface area contributed by atoms with Crippen LogP contribution in [0, 0.1) is 0 Å². The van der Waals surface area contributed by atoms with Crippen molar-refractivity contribution in [1.29, 1.82) is 0 Å². The molecule has 0 saturated carbocycles. The Morgan fingerprint density at radius 1 is 1.46 bits per heavy atom. The number of rotatable bonds is 2. The quantitative estimate of drug-likeness (QED) is 0.374. The van der Waals surface area contributed by atoms with Crippen molar-refractivity contribution in [2.75, 3.05) is 6.61 Å². The minimum absolute atomic E-state index is 0. The maximum absolute atomic E-state index is 10.5. The molecule has 7 heteroatoms. The number of carbonyl (C=O) groups is 1. The third-order valence-corrected chi connectivity index (χ3v) is 1.48. The maximum atomic E-state index is 10.5. The Morgan fingerprint density at radius 3 is 2.31 bits per heavy atom. The first-order chi connectivity index (χ1) is 5.57. The Balaban J connectivity index is 0.00000144. The van der Waals surface area contributed by atoms with E-state index in [9.17, 15) is 4.79 Å². The van der Waals surface area contributed by atoms with Crippen molar-refractivity contribution in [3.8, 4) is 0 Å². The predicted molar refractivity (Wildman–Crippen MR) is 35.3 cm³/mol. The van der Waals surface area contributed by atoms with Gasteiger partial charge in [0, 0.05) is 0 Å². The fraction of sp³-hybridized carbons (Fsp3) is 0.500. The molecular formula is C6H8O6Rb+. The summed E-state index contributed by atoms with van der Waals surface area (Å²) in [7, 11) is 0. The van der Waals surface area contributed by atoms with E-state index in [2.05, 4.69) is 4.74 Å². The van der Waals surface area contributed by atoms with Gasteiger partial charge in [0.05, 0.1) is 6.61 Å². The molecule has 0 radical (unpaired) electrons. The first-order valence-electron chi connectivity index (χ1n) is 3.20. The maximum Gasteiger partial charge on any atom is 1.00 e. The molecule has 0 bridgehead atoms. The zero-order chi connectivity index (χ0) is 9.30. The summed E-state index contributed by atoms with van der Waals surface area (Å²) in [6, 6.07) is 0. The molecule has 6 nitrogen and oxygen atoms in total. The van der Waals surface area contributed by atoms with Crippen molar-refractivity contribution in [2.45, 2.75) is 12.2 Å². The Morgan fingerprint density at radius 2 is 2.00 bits per heavy atom. The number of cyclic esters (lactones) is 1. The van der Waals surface area contributed by atoms with Crippen LogP contribution in [0.2, 0.25) is 0 Å². The van der Waals surface area contributed by atoms with Gasteiger partial charge in [0.1, 0.15) is 6.10 Å². The van der Waals surface area contributed by atoms with Gasteiger partial charge in [0.2, 0.25) is 5.76 Å². The average molecular weight is 262 g/mol. The van der Waals surface area contributed by atoms with Crippen molar-refractivity contribution in [2.24, 2.45) is 0 Å². The van der Waals surface area contributed by atoms with E-state index >= 15 is 0 Å². The number of aliphatic hydroxyl groups is 4. The van der Waals surface area contributed by atoms with Crippen molar-refractivity contribution in [3.63, 3.8) is 0 Å². The summed E-state index contributed by atoms with van der Waals surface area (Å²) in [5.41, 5.74) is 0. The number of carbonyl (C=O) groups excluding carboxylic acids is 1. The van der Waals surface area contributed by atoms with Crippen LogP contribution in [0.5, 0.6) is 0 Å². The third-order valence-electron chi connectivity index (χ3n) is 1.48. The SMILES string of the molecule is O=C1O[C@H]([C@@H](O)CO)C(O)=C1O.[Rb+]. The molecule has 4 N–H and O–H groups in total. The van der Waals surface area contributed by atoms with Crippen LogP contribution in [-0.4, -0.2) is 45.2 Å². The molecule has 0 aromatic carbocycles. The van der Waals surface area contributed by atoms with Gasteiger partial charge in [0.25, 0.3) is 0 Å². The zero-order valence-corrected chi connectivity index (χ0v) is 11.9. The Hall–Kier alpha value is 0.535. The first-order valence-corrected chi connectivity index (χ1v) is 3.20. The number of ether oxygens (including phenoxy) is 1. The fourth-order valence-electron chi connectivity index (χ4n) is 0.823. The predicted octanol–water partition coefficient (Wildman–Crippen LogP) is -4.40. The molecule has 0 fully saturated rings. The van der Waals surface area contributed by atoms with E-state index in [0.717, 1.165) is 0 Å². The second-order valence-electron chi connectivity index (χ2n) is 2.31. The van der Waals surface area contributed by atoms with Gasteiger partial charge in [-0.3, -0.25) is 0 Å². The van der Waals surface area contributed by atoms with Crippen molar-refractivity contribution in [1.82, 2.24) is 0 Å². The van der Waals surface area contributed by atoms with Crippen LogP contribution in [0.1, 0.15) is 0 Å². The van der Waals surface area contributed by atoms with E-state index in [4.69, 9.17) is 20.4 Å². The van der Waals surface area contributed by atoms with Gasteiger partial charge in [-0.15, -0.1) is 0 Å². The van der Waals surface area contributed by atoms with Crippen LogP contribution in [0.25, 0.3) is 0 Å². The molecule has 68 valence electrons. The second-order valence-corrected chi connectivity index (χ2v) is 2.31. The van der Waals surface area contributed by atoms with Crippen molar-refractivity contribution >= 4 is 5.97 Å². The molecule has 0 spiro atoms. The fourth-order valence-corrected chi connectivity index (χ4v) is 0.823. The van der Waals surface area contributed by atoms with Crippen LogP contribution in [0.15, 0.2) is 11.5 Å². The summed E-state index contributed by atoms with van der Waals surface area (Å²) in [4.78, 5) is 10.5. The summed E-state index contributed by atoms with van der Waals surface area (Å²) in [6.07, 6.45) is -2.78. The van der Waals surface area contributed by atoms with E-state index in [1.807, 2.05) is 0 Å². The minimum atomic E-state index is -1.42. The van der Waals surface area contributed by atoms with Crippen LogP contribution in [-0.2, 0) is 9.53 Å². The van der Waals surface area contributed by atoms with E-state index in [0.29, 0.717) is 0 Å². The molecular weight excluding hydrogens is 254 g/mol. The summed E-state index contributed by atoms with van der Waals surface area (Å²) in [5.74, 6) is -2.78. The Labute approximate surface area is 123 Å². The molecule has 1 aliphatic rings. The van der Waals surface area contributed by atoms with Gasteiger partial charge in [-0.2, -0.15) is 0 Å². The largest absolute Gasteiger partial charge is 1.00 e. The molecule has 0 aliphatic carbocycles. The molecule has 0 saturated heterocycles. The van der Waals surface area contributed by atoms with Gasteiger partial charge in [-0.05, 0) is 0 Å². The van der Waals surface area contributed by atoms with Gasteiger partial charge in [0.15, 0.2) is 11.9 Å². The van der Waals surface area contributed by atoms with Crippen LogP contribution >= 0.6 is 0 Å². The molecule has 13 heavy (non-hydrogen) atoms. The standard InChI is InChI=1S/C6H8O6.Rb/c7-1-2(8)5-3(9)4(10)6(11)12-5;/h2,5,7-10H,1H2;/q;+1/t2-,5+;/m0./s1. The summed E-state index contributed by atoms with van der Waals surface area (Å²) < 4.78 is 4.32. The zero-order valence-electron chi connectivity index (χ0n) is 6.97. The van der Waals surface area contributed by atoms with Gasteiger partial charge in [-0.25, -0.2) is 4.79 Å². The topological polar surface area (TPSA) is 107 Å². The number of esters is 1. The number of hydrogen-bond acceptors (Lipinski definition) is 6. The normalized spacial score (nSPS) is 23.8. The van der Waals surface area contributed by atoms with Gasteiger partial charge < -0.3 is 25.2 Å². The van der Waals surface area contributed by atoms with E-state index in [-0.39, 0.29) is 58.2 Å². The smallest absolute Gasteiger partial charge is 0.505 e. The molecule has 0 amide bonds. The van der Waals surface area contributed by atoms with E-state index < -0.39 is 36.3 Å². The summed E-state index contributed by atoms with van der Waals surface area (Å²) in [5, 5.41) is 35.0. The van der Waals surface area contributed by atoms with Crippen LogP contribution < -0.4 is 58.2 Å². The van der Waals surface area contributed by atoms with Gasteiger partial charge in [-0.1, -0.05) is 0 Å². The van der Waals surface area contributed by atoms with Crippen LogP contribution in [0.4, 0.5) is 0 Å². The molecule has 2 atom stereocenters. The Bertz CT molecular complexity index is 237. The van der Waals surface area contributed by atoms with E-state index in [1.165, 1.54) is 0 Å². The molecule has 0 aromatic heterocycles. The molecule has 1 aliphatic heterocycles. The monoisotopic (exact) mass is 261 g/mol.